The van der Waals surface area contributed by atoms with Crippen LogP contribution in [0.3, 0.4) is 0 Å². The van der Waals surface area contributed by atoms with E-state index in [2.05, 4.69) is 12.2 Å². The average molecular weight is 475 g/mol. The van der Waals surface area contributed by atoms with Gasteiger partial charge in [0.15, 0.2) is 0 Å². The second kappa shape index (κ2) is 9.93. The lowest BCUT2D eigenvalue weighted by molar-refractivity contribution is -0.120. The number of carbonyl (C=O) groups excluding carboxylic acids is 3. The lowest BCUT2D eigenvalue weighted by atomic mass is 10.1. The molecule has 0 atom stereocenters. The SMILES string of the molecule is CCCc1ccc(OC(=O)c2ccc(NC3=C(Cl)C(=O)N(c4cccc(C)c4)C3=O)cc2)cc1. The van der Waals surface area contributed by atoms with Crippen LogP contribution in [0.15, 0.2) is 83.5 Å². The molecule has 7 heteroatoms. The Bertz CT molecular complexity index is 1280. The number of nitrogens with one attached hydrogen (secondary N) is 1. The number of ether oxygens (including phenoxy) is 1. The van der Waals surface area contributed by atoms with Crippen molar-refractivity contribution >= 4 is 40.8 Å². The van der Waals surface area contributed by atoms with Crippen molar-refractivity contribution in [3.63, 3.8) is 0 Å². The van der Waals surface area contributed by atoms with Crippen molar-refractivity contribution in [1.82, 2.24) is 0 Å². The molecule has 6 nitrogen and oxygen atoms in total. The number of imide groups is 1. The molecule has 0 unspecified atom stereocenters. The molecule has 0 saturated carbocycles. The molecule has 1 N–H and O–H groups in total. The van der Waals surface area contributed by atoms with E-state index >= 15 is 0 Å². The van der Waals surface area contributed by atoms with Gasteiger partial charge in [0.1, 0.15) is 16.5 Å². The van der Waals surface area contributed by atoms with Crippen molar-refractivity contribution in [2.45, 2.75) is 26.7 Å². The van der Waals surface area contributed by atoms with Crippen LogP contribution in [-0.2, 0) is 16.0 Å². The van der Waals surface area contributed by atoms with Gasteiger partial charge in [0.25, 0.3) is 11.8 Å². The molecule has 34 heavy (non-hydrogen) atoms. The Kier molecular flexibility index (Phi) is 6.80. The van der Waals surface area contributed by atoms with Gasteiger partial charge in [-0.1, -0.05) is 49.2 Å². The minimum Gasteiger partial charge on any atom is -0.423 e. The first kappa shape index (κ1) is 23.3. The molecule has 0 fully saturated rings. The number of anilines is 2. The molecule has 0 aliphatic carbocycles. The van der Waals surface area contributed by atoms with Crippen molar-refractivity contribution in [1.29, 1.82) is 0 Å². The van der Waals surface area contributed by atoms with Gasteiger partial charge < -0.3 is 10.1 Å². The van der Waals surface area contributed by atoms with Crippen LogP contribution in [-0.4, -0.2) is 17.8 Å². The molecule has 1 aliphatic heterocycles. The quantitative estimate of drug-likeness (QED) is 0.274. The van der Waals surface area contributed by atoms with E-state index in [0.29, 0.717) is 22.7 Å². The van der Waals surface area contributed by atoms with E-state index in [1.807, 2.05) is 25.1 Å². The fourth-order valence-electron chi connectivity index (χ4n) is 3.63. The van der Waals surface area contributed by atoms with E-state index in [1.54, 1.807) is 54.6 Å². The summed E-state index contributed by atoms with van der Waals surface area (Å²) in [5.74, 6) is -1.17. The molecular formula is C27H23ClN2O4. The predicted molar refractivity (Wildman–Crippen MR) is 132 cm³/mol. The Morgan fingerprint density at radius 3 is 2.32 bits per heavy atom. The van der Waals surface area contributed by atoms with Crippen molar-refractivity contribution in [2.75, 3.05) is 10.2 Å². The van der Waals surface area contributed by atoms with Gasteiger partial charge in [-0.25, -0.2) is 9.69 Å². The number of rotatable bonds is 7. The fraction of sp³-hybridized carbons (Fsp3) is 0.148. The van der Waals surface area contributed by atoms with E-state index in [0.717, 1.165) is 23.3 Å². The van der Waals surface area contributed by atoms with Gasteiger partial charge in [-0.05, 0) is 73.0 Å². The maximum atomic E-state index is 12.9. The Labute approximate surface area is 202 Å². The molecule has 0 aromatic heterocycles. The first-order chi connectivity index (χ1) is 16.4. The molecule has 0 bridgehead atoms. The molecule has 3 aromatic carbocycles. The zero-order chi connectivity index (χ0) is 24.2. The van der Waals surface area contributed by atoms with Crippen LogP contribution >= 0.6 is 11.6 Å². The molecular weight excluding hydrogens is 452 g/mol. The number of esters is 1. The highest BCUT2D eigenvalue weighted by Gasteiger charge is 2.39. The van der Waals surface area contributed by atoms with E-state index in [9.17, 15) is 14.4 Å². The van der Waals surface area contributed by atoms with Gasteiger partial charge in [-0.15, -0.1) is 0 Å². The summed E-state index contributed by atoms with van der Waals surface area (Å²) in [5.41, 5.74) is 3.38. The van der Waals surface area contributed by atoms with E-state index in [-0.39, 0.29) is 10.7 Å². The lowest BCUT2D eigenvalue weighted by Crippen LogP contribution is -2.32. The molecule has 0 radical (unpaired) electrons. The summed E-state index contributed by atoms with van der Waals surface area (Å²) in [6, 6.07) is 20.9. The Hall–Kier alpha value is -3.90. The fourth-order valence-corrected chi connectivity index (χ4v) is 3.84. The Balaban J connectivity index is 1.44. The smallest absolute Gasteiger partial charge is 0.343 e. The maximum absolute atomic E-state index is 12.9. The number of carbonyl (C=O) groups is 3. The van der Waals surface area contributed by atoms with Crippen molar-refractivity contribution in [3.05, 3.63) is 100 Å². The summed E-state index contributed by atoms with van der Waals surface area (Å²) >= 11 is 6.19. The van der Waals surface area contributed by atoms with Crippen molar-refractivity contribution in [3.8, 4) is 5.75 Å². The highest BCUT2D eigenvalue weighted by molar-refractivity contribution is 6.53. The summed E-state index contributed by atoms with van der Waals surface area (Å²) in [4.78, 5) is 39.0. The van der Waals surface area contributed by atoms with Crippen LogP contribution in [0, 0.1) is 6.92 Å². The predicted octanol–water partition coefficient (Wildman–Crippen LogP) is 5.60. The number of nitrogens with zero attached hydrogens (tertiary/aromatic N) is 1. The van der Waals surface area contributed by atoms with E-state index < -0.39 is 17.8 Å². The molecule has 4 rings (SSSR count). The molecule has 0 saturated heterocycles. The van der Waals surface area contributed by atoms with Crippen molar-refractivity contribution < 1.29 is 19.1 Å². The Morgan fingerprint density at radius 1 is 0.971 bits per heavy atom. The molecule has 1 heterocycles. The zero-order valence-electron chi connectivity index (χ0n) is 18.8. The van der Waals surface area contributed by atoms with Crippen LogP contribution in [0.5, 0.6) is 5.75 Å². The molecule has 172 valence electrons. The third kappa shape index (κ3) is 4.87. The van der Waals surface area contributed by atoms with E-state index in [4.69, 9.17) is 16.3 Å². The van der Waals surface area contributed by atoms with Gasteiger partial charge in [0.2, 0.25) is 0 Å². The summed E-state index contributed by atoms with van der Waals surface area (Å²) in [5, 5.41) is 2.71. The van der Waals surface area contributed by atoms with Gasteiger partial charge >= 0.3 is 5.97 Å². The number of aryl methyl sites for hydroxylation is 2. The molecule has 0 spiro atoms. The van der Waals surface area contributed by atoms with Crippen LogP contribution < -0.4 is 15.0 Å². The lowest BCUT2D eigenvalue weighted by Gasteiger charge is -2.15. The maximum Gasteiger partial charge on any atom is 0.343 e. The first-order valence-electron chi connectivity index (χ1n) is 10.9. The summed E-state index contributed by atoms with van der Waals surface area (Å²) in [6.45, 7) is 3.98. The molecule has 1 aliphatic rings. The van der Waals surface area contributed by atoms with Crippen LogP contribution in [0.4, 0.5) is 11.4 Å². The molecule has 3 aromatic rings. The normalized spacial score (nSPS) is 13.4. The first-order valence-corrected chi connectivity index (χ1v) is 11.3. The summed E-state index contributed by atoms with van der Waals surface area (Å²) < 4.78 is 5.43. The highest BCUT2D eigenvalue weighted by atomic mass is 35.5. The third-order valence-corrected chi connectivity index (χ3v) is 5.70. The van der Waals surface area contributed by atoms with E-state index in [1.165, 1.54) is 5.56 Å². The number of halogens is 1. The van der Waals surface area contributed by atoms with Crippen LogP contribution in [0.1, 0.15) is 34.8 Å². The standard InChI is InChI=1S/C27H23ClN2O4/c1-3-5-18-8-14-22(15-9-18)34-27(33)19-10-12-20(13-11-19)29-24-23(28)25(31)30(26(24)32)21-7-4-6-17(2)16-21/h4,6-16,29H,3,5H2,1-2H3. The van der Waals surface area contributed by atoms with Gasteiger partial charge in [-0.2, -0.15) is 0 Å². The van der Waals surface area contributed by atoms with Crippen LogP contribution in [0.25, 0.3) is 0 Å². The van der Waals surface area contributed by atoms with Crippen LogP contribution in [0.2, 0.25) is 0 Å². The topological polar surface area (TPSA) is 75.7 Å². The number of hydrogen-bond acceptors (Lipinski definition) is 5. The summed E-state index contributed by atoms with van der Waals surface area (Å²) in [7, 11) is 0. The van der Waals surface area contributed by atoms with Gasteiger partial charge in [0.05, 0.1) is 11.3 Å². The molecule has 2 amide bonds. The summed E-state index contributed by atoms with van der Waals surface area (Å²) in [6.07, 6.45) is 2.02. The third-order valence-electron chi connectivity index (χ3n) is 5.35. The number of benzene rings is 3. The van der Waals surface area contributed by atoms with Crippen molar-refractivity contribution in [2.24, 2.45) is 0 Å². The number of hydrogen-bond donors (Lipinski definition) is 1. The second-order valence-electron chi connectivity index (χ2n) is 7.96. The minimum absolute atomic E-state index is 0.0179. The van der Waals surface area contributed by atoms with Gasteiger partial charge in [-0.3, -0.25) is 9.59 Å². The minimum atomic E-state index is -0.593. The second-order valence-corrected chi connectivity index (χ2v) is 8.34. The monoisotopic (exact) mass is 474 g/mol. The number of amides is 2. The zero-order valence-corrected chi connectivity index (χ0v) is 19.6. The highest BCUT2D eigenvalue weighted by Crippen LogP contribution is 2.30. The largest absolute Gasteiger partial charge is 0.423 e. The average Bonchev–Trinajstić information content (AvgIpc) is 3.04. The van der Waals surface area contributed by atoms with Gasteiger partial charge in [0, 0.05) is 5.69 Å². The Morgan fingerprint density at radius 2 is 1.68 bits per heavy atom.